The lowest BCUT2D eigenvalue weighted by atomic mass is 10.1. The van der Waals surface area contributed by atoms with Crippen molar-refractivity contribution in [2.75, 3.05) is 39.3 Å². The van der Waals surface area contributed by atoms with Crippen LogP contribution in [0.3, 0.4) is 0 Å². The van der Waals surface area contributed by atoms with Gasteiger partial charge in [0.25, 0.3) is 5.91 Å². The van der Waals surface area contributed by atoms with Crippen molar-refractivity contribution in [1.29, 1.82) is 0 Å². The molecule has 2 amide bonds. The van der Waals surface area contributed by atoms with E-state index in [1.54, 1.807) is 23.1 Å². The van der Waals surface area contributed by atoms with Crippen LogP contribution >= 0.6 is 0 Å². The van der Waals surface area contributed by atoms with E-state index in [4.69, 9.17) is 14.2 Å². The van der Waals surface area contributed by atoms with Crippen molar-refractivity contribution in [3.05, 3.63) is 47.5 Å². The number of nitrogens with zero attached hydrogens (tertiary/aromatic N) is 1. The number of hydrogen-bond donors (Lipinski definition) is 1. The minimum Gasteiger partial charge on any atom is -0.493 e. The molecule has 0 atom stereocenters. The van der Waals surface area contributed by atoms with Gasteiger partial charge in [-0.1, -0.05) is 17.7 Å². The molecule has 0 bridgehead atoms. The molecule has 2 rings (SSSR count). The van der Waals surface area contributed by atoms with Gasteiger partial charge in [0.15, 0.2) is 11.5 Å². The number of benzene rings is 2. The summed E-state index contributed by atoms with van der Waals surface area (Å²) < 4.78 is 16.0. The highest BCUT2D eigenvalue weighted by Crippen LogP contribution is 2.41. The van der Waals surface area contributed by atoms with Gasteiger partial charge < -0.3 is 24.4 Å². The van der Waals surface area contributed by atoms with Crippen LogP contribution in [0.15, 0.2) is 36.4 Å². The first kappa shape index (κ1) is 21.1. The molecule has 0 aromatic heterocycles. The van der Waals surface area contributed by atoms with Gasteiger partial charge in [-0.3, -0.25) is 9.59 Å². The second kappa shape index (κ2) is 9.64. The van der Waals surface area contributed by atoms with E-state index in [1.807, 2.05) is 25.1 Å². The Bertz CT molecular complexity index is 825. The number of carbonyl (C=O) groups excluding carboxylic acids is 2. The van der Waals surface area contributed by atoms with Crippen LogP contribution in [0.1, 0.15) is 22.8 Å². The Hall–Kier alpha value is -3.22. The van der Waals surface area contributed by atoms with Crippen molar-refractivity contribution in [2.24, 2.45) is 0 Å². The molecule has 0 heterocycles. The van der Waals surface area contributed by atoms with Crippen LogP contribution in [0, 0.1) is 6.92 Å². The van der Waals surface area contributed by atoms with Gasteiger partial charge in [-0.15, -0.1) is 0 Å². The molecule has 150 valence electrons. The number of hydrogen-bond acceptors (Lipinski definition) is 5. The van der Waals surface area contributed by atoms with Crippen molar-refractivity contribution < 1.29 is 23.8 Å². The van der Waals surface area contributed by atoms with E-state index in [1.165, 1.54) is 28.3 Å². The summed E-state index contributed by atoms with van der Waals surface area (Å²) in [6.07, 6.45) is 0. The first-order chi connectivity index (χ1) is 13.4. The molecular formula is C21H26N2O5. The molecule has 28 heavy (non-hydrogen) atoms. The van der Waals surface area contributed by atoms with Crippen LogP contribution in [0.5, 0.6) is 17.2 Å². The molecule has 0 saturated carbocycles. The maximum atomic E-state index is 12.3. The monoisotopic (exact) mass is 386 g/mol. The van der Waals surface area contributed by atoms with Crippen molar-refractivity contribution in [3.63, 3.8) is 0 Å². The number of carbonyl (C=O) groups is 2. The largest absolute Gasteiger partial charge is 0.493 e. The van der Waals surface area contributed by atoms with Gasteiger partial charge in [-0.05, 0) is 19.1 Å². The van der Waals surface area contributed by atoms with Gasteiger partial charge in [-0.2, -0.15) is 0 Å². The smallest absolute Gasteiger partial charge is 0.251 e. The summed E-state index contributed by atoms with van der Waals surface area (Å²) in [5.41, 5.74) is 2.18. The first-order valence-corrected chi connectivity index (χ1v) is 8.84. The Balaban J connectivity index is 2.15. The number of nitrogens with one attached hydrogen (secondary N) is 1. The van der Waals surface area contributed by atoms with Crippen LogP contribution in [0.4, 0.5) is 5.69 Å². The number of amides is 2. The predicted octanol–water partition coefficient (Wildman–Crippen LogP) is 2.80. The Morgan fingerprint density at radius 2 is 1.64 bits per heavy atom. The van der Waals surface area contributed by atoms with Gasteiger partial charge in [0, 0.05) is 37.7 Å². The molecule has 2 aromatic rings. The van der Waals surface area contributed by atoms with Crippen molar-refractivity contribution in [2.45, 2.75) is 13.8 Å². The Morgan fingerprint density at radius 1 is 1.00 bits per heavy atom. The van der Waals surface area contributed by atoms with Crippen LogP contribution in [0.25, 0.3) is 0 Å². The Morgan fingerprint density at radius 3 is 2.14 bits per heavy atom. The third kappa shape index (κ3) is 4.94. The van der Waals surface area contributed by atoms with Gasteiger partial charge >= 0.3 is 0 Å². The minimum atomic E-state index is -0.183. The highest BCUT2D eigenvalue weighted by molar-refractivity contribution is 5.95. The molecule has 0 saturated heterocycles. The summed E-state index contributed by atoms with van der Waals surface area (Å²) in [7, 11) is 4.55. The number of methoxy groups -OCH3 is 3. The fourth-order valence-corrected chi connectivity index (χ4v) is 2.86. The molecule has 0 aliphatic carbocycles. The summed E-state index contributed by atoms with van der Waals surface area (Å²) in [6.45, 7) is 3.98. The van der Waals surface area contributed by atoms with E-state index >= 15 is 0 Å². The predicted molar refractivity (Wildman–Crippen MR) is 108 cm³/mol. The maximum Gasteiger partial charge on any atom is 0.251 e. The number of aryl methyl sites for hydroxylation is 1. The average Bonchev–Trinajstić information content (AvgIpc) is 2.69. The van der Waals surface area contributed by atoms with Crippen LogP contribution < -0.4 is 24.4 Å². The quantitative estimate of drug-likeness (QED) is 0.755. The fourth-order valence-electron chi connectivity index (χ4n) is 2.86. The highest BCUT2D eigenvalue weighted by atomic mass is 16.5. The summed E-state index contributed by atoms with van der Waals surface area (Å²) in [4.78, 5) is 26.0. The highest BCUT2D eigenvalue weighted by Gasteiger charge is 2.19. The molecule has 1 N–H and O–H groups in total. The van der Waals surface area contributed by atoms with Gasteiger partial charge in [0.05, 0.1) is 27.0 Å². The van der Waals surface area contributed by atoms with E-state index in [0.29, 0.717) is 41.6 Å². The summed E-state index contributed by atoms with van der Waals surface area (Å²) in [5.74, 6) is 1.000. The Kier molecular flexibility index (Phi) is 7.26. The zero-order valence-corrected chi connectivity index (χ0v) is 16.9. The molecule has 7 heteroatoms. The summed E-state index contributed by atoms with van der Waals surface area (Å²) >= 11 is 0. The third-order valence-electron chi connectivity index (χ3n) is 4.24. The fraction of sp³-hybridized carbons (Fsp3) is 0.333. The van der Waals surface area contributed by atoms with Gasteiger partial charge in [0.2, 0.25) is 11.7 Å². The zero-order valence-electron chi connectivity index (χ0n) is 16.9. The van der Waals surface area contributed by atoms with Crippen LogP contribution in [-0.2, 0) is 4.79 Å². The average molecular weight is 386 g/mol. The van der Waals surface area contributed by atoms with Gasteiger partial charge in [-0.25, -0.2) is 0 Å². The summed E-state index contributed by atoms with van der Waals surface area (Å²) in [5, 5.41) is 2.84. The van der Waals surface area contributed by atoms with Crippen molar-refractivity contribution in [1.82, 2.24) is 5.32 Å². The minimum absolute atomic E-state index is 0.168. The van der Waals surface area contributed by atoms with Gasteiger partial charge in [0.1, 0.15) is 0 Å². The molecule has 0 unspecified atom stereocenters. The topological polar surface area (TPSA) is 77.1 Å². The maximum absolute atomic E-state index is 12.3. The molecular weight excluding hydrogens is 360 g/mol. The van der Waals surface area contributed by atoms with E-state index < -0.39 is 0 Å². The SMILES string of the molecule is COc1cc(N(CCNC(=O)c2cccc(C)c2)C(C)=O)cc(OC)c1OC. The number of rotatable bonds is 8. The number of anilines is 1. The molecule has 0 aliphatic rings. The second-order valence-corrected chi connectivity index (χ2v) is 6.18. The molecule has 0 fully saturated rings. The molecule has 7 nitrogen and oxygen atoms in total. The first-order valence-electron chi connectivity index (χ1n) is 8.84. The zero-order chi connectivity index (χ0) is 20.7. The second-order valence-electron chi connectivity index (χ2n) is 6.18. The molecule has 0 spiro atoms. The lowest BCUT2D eigenvalue weighted by molar-refractivity contribution is -0.116. The number of ether oxygens (including phenoxy) is 3. The van der Waals surface area contributed by atoms with E-state index in [-0.39, 0.29) is 11.8 Å². The summed E-state index contributed by atoms with van der Waals surface area (Å²) in [6, 6.07) is 10.7. The van der Waals surface area contributed by atoms with E-state index in [9.17, 15) is 9.59 Å². The lowest BCUT2D eigenvalue weighted by Gasteiger charge is -2.23. The normalized spacial score (nSPS) is 10.2. The van der Waals surface area contributed by atoms with Crippen LogP contribution in [0.2, 0.25) is 0 Å². The lowest BCUT2D eigenvalue weighted by Crippen LogP contribution is -2.37. The molecule has 0 aliphatic heterocycles. The molecule has 0 radical (unpaired) electrons. The van der Waals surface area contributed by atoms with Crippen molar-refractivity contribution in [3.8, 4) is 17.2 Å². The Labute approximate surface area is 165 Å². The van der Waals surface area contributed by atoms with Crippen LogP contribution in [-0.4, -0.2) is 46.2 Å². The standard InChI is InChI=1S/C21H26N2O5/c1-14-7-6-8-16(11-14)21(25)22-9-10-23(15(2)24)17-12-18(26-3)20(28-5)19(13-17)27-4/h6-8,11-13H,9-10H2,1-5H3,(H,22,25). The molecule has 2 aromatic carbocycles. The van der Waals surface area contributed by atoms with Crippen molar-refractivity contribution >= 4 is 17.5 Å². The van der Waals surface area contributed by atoms with E-state index in [0.717, 1.165) is 5.56 Å². The van der Waals surface area contributed by atoms with E-state index in [2.05, 4.69) is 5.32 Å². The third-order valence-corrected chi connectivity index (χ3v) is 4.24.